The smallest absolute Gasteiger partial charge is 0.242 e. The number of nitrogens with two attached hydrogens (primary N) is 1. The van der Waals surface area contributed by atoms with Gasteiger partial charge in [0.15, 0.2) is 5.96 Å². The summed E-state index contributed by atoms with van der Waals surface area (Å²) in [6.45, 7) is -0.170. The zero-order valence-electron chi connectivity index (χ0n) is 10.9. The number of amides is 1. The summed E-state index contributed by atoms with van der Waals surface area (Å²) < 4.78 is 5.02. The molecule has 0 saturated heterocycles. The number of aliphatic imine (C=N–C) groups is 1. The molecule has 1 aromatic carbocycles. The molecule has 8 heteroatoms. The summed E-state index contributed by atoms with van der Waals surface area (Å²) in [5, 5.41) is 13.5. The van der Waals surface area contributed by atoms with E-state index in [1.807, 2.05) is 0 Å². The van der Waals surface area contributed by atoms with Crippen molar-refractivity contribution in [3.05, 3.63) is 24.3 Å². The van der Waals surface area contributed by atoms with Gasteiger partial charge in [-0.15, -0.1) is 24.0 Å². The number of methoxy groups -OCH3 is 1. The number of ether oxygens (including phenoxy) is 1. The van der Waals surface area contributed by atoms with Crippen LogP contribution in [0, 0.1) is 11.3 Å². The highest BCUT2D eigenvalue weighted by Gasteiger charge is 2.00. The van der Waals surface area contributed by atoms with Crippen molar-refractivity contribution in [1.29, 1.82) is 5.26 Å². The van der Waals surface area contributed by atoms with E-state index in [4.69, 9.17) is 15.7 Å². The summed E-state index contributed by atoms with van der Waals surface area (Å²) in [5.74, 6) is 0.496. The molecular formula is C12H16IN5O2. The van der Waals surface area contributed by atoms with Gasteiger partial charge in [0, 0.05) is 5.69 Å². The van der Waals surface area contributed by atoms with Gasteiger partial charge in [-0.3, -0.25) is 4.79 Å². The second kappa shape index (κ2) is 9.85. The Hall–Kier alpha value is -2.02. The molecular weight excluding hydrogens is 373 g/mol. The number of nitrogens with one attached hydrogen (secondary N) is 2. The van der Waals surface area contributed by atoms with Crippen LogP contribution in [-0.2, 0) is 4.79 Å². The molecule has 0 aliphatic heterocycles. The number of hydrogen-bond donors (Lipinski definition) is 3. The van der Waals surface area contributed by atoms with E-state index in [1.54, 1.807) is 37.4 Å². The van der Waals surface area contributed by atoms with E-state index < -0.39 is 0 Å². The van der Waals surface area contributed by atoms with Crippen molar-refractivity contribution in [3.8, 4) is 11.8 Å². The number of carbonyl (C=O) groups is 1. The number of guanidine groups is 1. The Balaban J connectivity index is 0.00000361. The Kier molecular flexibility index (Phi) is 8.86. The van der Waals surface area contributed by atoms with Gasteiger partial charge < -0.3 is 21.1 Å². The van der Waals surface area contributed by atoms with Gasteiger partial charge in [0.2, 0.25) is 5.91 Å². The summed E-state index contributed by atoms with van der Waals surface area (Å²) in [6, 6.07) is 8.89. The van der Waals surface area contributed by atoms with Gasteiger partial charge in [-0.2, -0.15) is 5.26 Å². The Morgan fingerprint density at radius 3 is 2.65 bits per heavy atom. The molecule has 0 aliphatic rings. The highest BCUT2D eigenvalue weighted by Crippen LogP contribution is 2.14. The van der Waals surface area contributed by atoms with Gasteiger partial charge in [-0.1, -0.05) is 0 Å². The zero-order chi connectivity index (χ0) is 14.1. The van der Waals surface area contributed by atoms with Crippen LogP contribution in [0.15, 0.2) is 29.3 Å². The van der Waals surface area contributed by atoms with Gasteiger partial charge >= 0.3 is 0 Å². The van der Waals surface area contributed by atoms with Crippen molar-refractivity contribution in [2.45, 2.75) is 0 Å². The zero-order valence-corrected chi connectivity index (χ0v) is 13.3. The summed E-state index contributed by atoms with van der Waals surface area (Å²) in [5.41, 5.74) is 6.35. The van der Waals surface area contributed by atoms with Gasteiger partial charge in [0.05, 0.1) is 13.2 Å². The minimum absolute atomic E-state index is 0. The minimum atomic E-state index is -0.360. The molecule has 0 spiro atoms. The standard InChI is InChI=1S/C12H15N5O2.HI/c1-19-10-4-2-9(3-5-10)17-12(14)16-8-11(18)15-7-6-13;/h2-5H,7-8H2,1H3,(H,15,18)(H3,14,16,17);1H. The summed E-state index contributed by atoms with van der Waals surface area (Å²) in [7, 11) is 1.58. The largest absolute Gasteiger partial charge is 0.497 e. The SMILES string of the molecule is COc1ccc(NC(N)=NCC(=O)NCC#N)cc1.I. The van der Waals surface area contributed by atoms with Crippen LogP contribution in [0.4, 0.5) is 5.69 Å². The first kappa shape index (κ1) is 18.0. The first-order chi connectivity index (χ1) is 9.15. The van der Waals surface area contributed by atoms with Crippen LogP contribution in [-0.4, -0.2) is 32.1 Å². The Bertz CT molecular complexity index is 496. The highest BCUT2D eigenvalue weighted by atomic mass is 127. The Labute approximate surface area is 134 Å². The molecule has 1 amide bonds. The Morgan fingerprint density at radius 2 is 2.10 bits per heavy atom. The molecule has 1 aromatic rings. The molecule has 108 valence electrons. The number of nitrogens with zero attached hydrogens (tertiary/aromatic N) is 2. The first-order valence-corrected chi connectivity index (χ1v) is 5.50. The number of carbonyl (C=O) groups excluding carboxylic acids is 1. The molecule has 0 fully saturated rings. The molecule has 0 radical (unpaired) electrons. The molecule has 0 aliphatic carbocycles. The first-order valence-electron chi connectivity index (χ1n) is 5.50. The van der Waals surface area contributed by atoms with Crippen molar-refractivity contribution >= 4 is 41.5 Å². The lowest BCUT2D eigenvalue weighted by atomic mass is 10.3. The summed E-state index contributed by atoms with van der Waals surface area (Å²) in [6.07, 6.45) is 0. The third-order valence-electron chi connectivity index (χ3n) is 2.12. The van der Waals surface area contributed by atoms with Gasteiger partial charge in [-0.25, -0.2) is 4.99 Å². The van der Waals surface area contributed by atoms with E-state index >= 15 is 0 Å². The fraction of sp³-hybridized carbons (Fsp3) is 0.250. The monoisotopic (exact) mass is 389 g/mol. The molecule has 0 aromatic heterocycles. The molecule has 4 N–H and O–H groups in total. The molecule has 0 saturated carbocycles. The quantitative estimate of drug-likeness (QED) is 0.297. The number of halogens is 1. The summed E-state index contributed by atoms with van der Waals surface area (Å²) in [4.78, 5) is 15.0. The van der Waals surface area contributed by atoms with E-state index in [2.05, 4.69) is 15.6 Å². The number of hydrogen-bond acceptors (Lipinski definition) is 4. The van der Waals surface area contributed by atoms with Crippen molar-refractivity contribution in [2.24, 2.45) is 10.7 Å². The van der Waals surface area contributed by atoms with Crippen molar-refractivity contribution in [2.75, 3.05) is 25.5 Å². The lowest BCUT2D eigenvalue weighted by Gasteiger charge is -2.06. The van der Waals surface area contributed by atoms with Crippen LogP contribution in [0.25, 0.3) is 0 Å². The summed E-state index contributed by atoms with van der Waals surface area (Å²) >= 11 is 0. The molecule has 20 heavy (non-hydrogen) atoms. The van der Waals surface area contributed by atoms with Crippen LogP contribution in [0.3, 0.4) is 0 Å². The van der Waals surface area contributed by atoms with Crippen LogP contribution in [0.2, 0.25) is 0 Å². The number of benzene rings is 1. The van der Waals surface area contributed by atoms with Crippen LogP contribution in [0.1, 0.15) is 0 Å². The van der Waals surface area contributed by atoms with E-state index in [-0.39, 0.29) is 48.9 Å². The molecule has 0 bridgehead atoms. The van der Waals surface area contributed by atoms with Gasteiger partial charge in [0.25, 0.3) is 0 Å². The third kappa shape index (κ3) is 6.79. The van der Waals surface area contributed by atoms with Crippen molar-refractivity contribution in [3.63, 3.8) is 0 Å². The fourth-order valence-corrected chi connectivity index (χ4v) is 1.21. The maximum atomic E-state index is 11.2. The van der Waals surface area contributed by atoms with E-state index in [1.165, 1.54) is 0 Å². The van der Waals surface area contributed by atoms with Crippen molar-refractivity contribution in [1.82, 2.24) is 5.32 Å². The number of nitriles is 1. The maximum absolute atomic E-state index is 11.2. The topological polar surface area (TPSA) is 113 Å². The predicted octanol–water partition coefficient (Wildman–Crippen LogP) is 0.680. The predicted molar refractivity (Wildman–Crippen MR) is 87.1 cm³/mol. The minimum Gasteiger partial charge on any atom is -0.497 e. The molecule has 0 heterocycles. The molecule has 0 unspecified atom stereocenters. The highest BCUT2D eigenvalue weighted by molar-refractivity contribution is 14.0. The Morgan fingerprint density at radius 1 is 1.45 bits per heavy atom. The van der Waals surface area contributed by atoms with Crippen LogP contribution < -0.4 is 21.1 Å². The van der Waals surface area contributed by atoms with Crippen LogP contribution in [0.5, 0.6) is 5.75 Å². The second-order valence-corrected chi connectivity index (χ2v) is 3.49. The number of anilines is 1. The van der Waals surface area contributed by atoms with Gasteiger partial charge in [0.1, 0.15) is 18.8 Å². The molecule has 1 rings (SSSR count). The normalized spacial score (nSPS) is 9.90. The van der Waals surface area contributed by atoms with E-state index in [9.17, 15) is 4.79 Å². The number of rotatable bonds is 5. The fourth-order valence-electron chi connectivity index (χ4n) is 1.21. The molecule has 7 nitrogen and oxygen atoms in total. The third-order valence-corrected chi connectivity index (χ3v) is 2.12. The van der Waals surface area contributed by atoms with Gasteiger partial charge in [-0.05, 0) is 24.3 Å². The van der Waals surface area contributed by atoms with E-state index in [0.29, 0.717) is 0 Å². The van der Waals surface area contributed by atoms with E-state index in [0.717, 1.165) is 11.4 Å². The lowest BCUT2D eigenvalue weighted by molar-refractivity contribution is -0.119. The van der Waals surface area contributed by atoms with Crippen LogP contribution >= 0.6 is 24.0 Å². The van der Waals surface area contributed by atoms with Crippen molar-refractivity contribution < 1.29 is 9.53 Å². The average molecular weight is 389 g/mol. The maximum Gasteiger partial charge on any atom is 0.242 e. The lowest BCUT2D eigenvalue weighted by Crippen LogP contribution is -2.29. The average Bonchev–Trinajstić information content (AvgIpc) is 2.43. The molecule has 0 atom stereocenters. The second-order valence-electron chi connectivity index (χ2n) is 3.49.